The third-order valence-corrected chi connectivity index (χ3v) is 4.43. The molecule has 0 spiro atoms. The van der Waals surface area contributed by atoms with Crippen LogP contribution in [0.3, 0.4) is 0 Å². The van der Waals surface area contributed by atoms with Gasteiger partial charge in [0.15, 0.2) is 0 Å². The summed E-state index contributed by atoms with van der Waals surface area (Å²) in [5.74, 6) is 2.45. The maximum absolute atomic E-state index is 12.5. The highest BCUT2D eigenvalue weighted by atomic mass is 16.3. The van der Waals surface area contributed by atoms with Crippen molar-refractivity contribution in [2.75, 3.05) is 6.54 Å². The number of aryl methyl sites for hydroxylation is 1. The largest absolute Gasteiger partial charge is 0.464 e. The molecule has 4 heteroatoms. The molecule has 4 nitrogen and oxygen atoms in total. The molecule has 1 aromatic rings. The minimum Gasteiger partial charge on any atom is -0.464 e. The molecule has 1 aliphatic heterocycles. The van der Waals surface area contributed by atoms with Gasteiger partial charge in [-0.2, -0.15) is 0 Å². The van der Waals surface area contributed by atoms with Crippen molar-refractivity contribution < 1.29 is 14.3 Å². The smallest absolute Gasteiger partial charge is 0.225 e. The lowest BCUT2D eigenvalue weighted by Gasteiger charge is -2.38. The van der Waals surface area contributed by atoms with E-state index in [2.05, 4.69) is 6.92 Å². The Kier molecular flexibility index (Phi) is 5.09. The fourth-order valence-corrected chi connectivity index (χ4v) is 2.87. The molecule has 2 heterocycles. The second kappa shape index (κ2) is 6.65. The number of rotatable bonds is 4. The molecule has 2 rings (SSSR count). The summed E-state index contributed by atoms with van der Waals surface area (Å²) in [4.78, 5) is 14.4. The van der Waals surface area contributed by atoms with Gasteiger partial charge in [0.05, 0.1) is 18.6 Å². The lowest BCUT2D eigenvalue weighted by atomic mass is 9.90. The molecule has 0 unspecified atom stereocenters. The van der Waals surface area contributed by atoms with Crippen LogP contribution in [0.4, 0.5) is 0 Å². The van der Waals surface area contributed by atoms with Gasteiger partial charge >= 0.3 is 0 Å². The predicted molar refractivity (Wildman–Crippen MR) is 81.8 cm³/mol. The Hall–Kier alpha value is -1.29. The molecule has 1 aliphatic rings. The Labute approximate surface area is 127 Å². The third-order valence-electron chi connectivity index (χ3n) is 4.43. The van der Waals surface area contributed by atoms with Crippen LogP contribution in [0.2, 0.25) is 0 Å². The fraction of sp³-hybridized carbons (Fsp3) is 0.706. The molecule has 0 bridgehead atoms. The number of aliphatic hydroxyl groups excluding tert-OH is 1. The molecule has 118 valence electrons. The molecule has 1 amide bonds. The highest BCUT2D eigenvalue weighted by molar-refractivity contribution is 5.77. The molecular formula is C17H27NO3. The molecule has 1 fully saturated rings. The summed E-state index contributed by atoms with van der Waals surface area (Å²) >= 11 is 0. The number of hydrogen-bond donors (Lipinski definition) is 1. The van der Waals surface area contributed by atoms with Crippen LogP contribution in [0.1, 0.15) is 57.6 Å². The molecule has 0 radical (unpaired) electrons. The van der Waals surface area contributed by atoms with Gasteiger partial charge < -0.3 is 14.4 Å². The first-order chi connectivity index (χ1) is 9.88. The predicted octanol–water partition coefficient (Wildman–Crippen LogP) is 3.29. The molecule has 0 saturated carbocycles. The Bertz CT molecular complexity index is 480. The summed E-state index contributed by atoms with van der Waals surface area (Å²) in [7, 11) is 0. The zero-order chi connectivity index (χ0) is 15.6. The zero-order valence-electron chi connectivity index (χ0n) is 13.5. The number of likely N-dealkylation sites (tertiary alicyclic amines) is 1. The molecule has 0 aromatic carbocycles. The number of carbonyl (C=O) groups excluding carboxylic acids is 1. The lowest BCUT2D eigenvalue weighted by Crippen LogP contribution is -2.42. The molecule has 1 N–H and O–H groups in total. The summed E-state index contributed by atoms with van der Waals surface area (Å²) in [6.07, 6.45) is 1.56. The number of carbonyl (C=O) groups is 1. The van der Waals surface area contributed by atoms with Crippen LogP contribution in [0, 0.1) is 18.8 Å². The van der Waals surface area contributed by atoms with Crippen molar-refractivity contribution >= 4 is 5.91 Å². The van der Waals surface area contributed by atoms with E-state index >= 15 is 0 Å². The SMILES string of the molecule is Cc1ccc([C@@H]2C[C@@H](C)CCN2C(=O)C[C@H](O)C(C)C)o1. The maximum atomic E-state index is 12.5. The van der Waals surface area contributed by atoms with Crippen LogP contribution in [-0.2, 0) is 4.79 Å². The fourth-order valence-electron chi connectivity index (χ4n) is 2.87. The monoisotopic (exact) mass is 293 g/mol. The molecular weight excluding hydrogens is 266 g/mol. The van der Waals surface area contributed by atoms with E-state index < -0.39 is 6.10 Å². The zero-order valence-corrected chi connectivity index (χ0v) is 13.5. The Balaban J connectivity index is 2.13. The van der Waals surface area contributed by atoms with Crippen LogP contribution in [0.15, 0.2) is 16.5 Å². The van der Waals surface area contributed by atoms with Gasteiger partial charge in [0, 0.05) is 6.54 Å². The van der Waals surface area contributed by atoms with E-state index in [0.717, 1.165) is 30.9 Å². The van der Waals surface area contributed by atoms with E-state index in [0.29, 0.717) is 5.92 Å². The number of aliphatic hydroxyl groups is 1. The van der Waals surface area contributed by atoms with Gasteiger partial charge in [0.1, 0.15) is 11.5 Å². The third kappa shape index (κ3) is 3.88. The normalized spacial score (nSPS) is 24.4. The number of hydrogen-bond acceptors (Lipinski definition) is 3. The van der Waals surface area contributed by atoms with E-state index in [-0.39, 0.29) is 24.3 Å². The number of furan rings is 1. The topological polar surface area (TPSA) is 53.7 Å². The van der Waals surface area contributed by atoms with E-state index in [1.54, 1.807) is 0 Å². The van der Waals surface area contributed by atoms with Crippen molar-refractivity contribution in [3.63, 3.8) is 0 Å². The van der Waals surface area contributed by atoms with Crippen LogP contribution >= 0.6 is 0 Å². The van der Waals surface area contributed by atoms with Crippen LogP contribution in [-0.4, -0.2) is 28.6 Å². The van der Waals surface area contributed by atoms with Crippen LogP contribution in [0.25, 0.3) is 0 Å². The van der Waals surface area contributed by atoms with Crippen LogP contribution < -0.4 is 0 Å². The van der Waals surface area contributed by atoms with Crippen LogP contribution in [0.5, 0.6) is 0 Å². The lowest BCUT2D eigenvalue weighted by molar-refractivity contribution is -0.139. The molecule has 1 aromatic heterocycles. The van der Waals surface area contributed by atoms with Gasteiger partial charge in [0.25, 0.3) is 0 Å². The Morgan fingerprint density at radius 3 is 2.76 bits per heavy atom. The van der Waals surface area contributed by atoms with Crippen molar-refractivity contribution in [3.05, 3.63) is 23.7 Å². The first-order valence-corrected chi connectivity index (χ1v) is 7.92. The first kappa shape index (κ1) is 16.1. The van der Waals surface area contributed by atoms with Crippen molar-refractivity contribution in [1.29, 1.82) is 0 Å². The molecule has 1 saturated heterocycles. The van der Waals surface area contributed by atoms with Gasteiger partial charge in [-0.1, -0.05) is 20.8 Å². The van der Waals surface area contributed by atoms with E-state index in [1.807, 2.05) is 37.8 Å². The van der Waals surface area contributed by atoms with Crippen molar-refractivity contribution in [2.45, 2.75) is 59.1 Å². The highest BCUT2D eigenvalue weighted by Gasteiger charge is 2.33. The summed E-state index contributed by atoms with van der Waals surface area (Å²) in [5.41, 5.74) is 0. The number of nitrogens with zero attached hydrogens (tertiary/aromatic N) is 1. The van der Waals surface area contributed by atoms with E-state index in [9.17, 15) is 9.90 Å². The standard InChI is InChI=1S/C17H27NO3/c1-11(2)15(19)10-17(20)18-8-7-12(3)9-14(18)16-6-5-13(4)21-16/h5-6,11-12,14-15,19H,7-10H2,1-4H3/t12-,14-,15-/m0/s1. The van der Waals surface area contributed by atoms with Gasteiger partial charge in [-0.25, -0.2) is 0 Å². The van der Waals surface area contributed by atoms with Crippen molar-refractivity contribution in [1.82, 2.24) is 4.90 Å². The summed E-state index contributed by atoms with van der Waals surface area (Å²) in [5, 5.41) is 9.97. The van der Waals surface area contributed by atoms with Crippen molar-refractivity contribution in [2.24, 2.45) is 11.8 Å². The van der Waals surface area contributed by atoms with Gasteiger partial charge in [0.2, 0.25) is 5.91 Å². The summed E-state index contributed by atoms with van der Waals surface area (Å²) < 4.78 is 5.75. The molecule has 3 atom stereocenters. The van der Waals surface area contributed by atoms with Gasteiger partial charge in [-0.3, -0.25) is 4.79 Å². The van der Waals surface area contributed by atoms with Crippen molar-refractivity contribution in [3.8, 4) is 0 Å². The minimum absolute atomic E-state index is 0.00862. The molecule has 21 heavy (non-hydrogen) atoms. The minimum atomic E-state index is -0.573. The Morgan fingerprint density at radius 1 is 1.48 bits per heavy atom. The average molecular weight is 293 g/mol. The maximum Gasteiger partial charge on any atom is 0.225 e. The highest BCUT2D eigenvalue weighted by Crippen LogP contribution is 2.35. The second-order valence-corrected chi connectivity index (χ2v) is 6.70. The first-order valence-electron chi connectivity index (χ1n) is 7.92. The molecule has 0 aliphatic carbocycles. The number of amides is 1. The van der Waals surface area contributed by atoms with Gasteiger partial charge in [-0.05, 0) is 43.7 Å². The number of piperidine rings is 1. The van der Waals surface area contributed by atoms with E-state index in [4.69, 9.17) is 4.42 Å². The van der Waals surface area contributed by atoms with E-state index in [1.165, 1.54) is 0 Å². The summed E-state index contributed by atoms with van der Waals surface area (Å²) in [6, 6.07) is 3.92. The quantitative estimate of drug-likeness (QED) is 0.926. The summed E-state index contributed by atoms with van der Waals surface area (Å²) in [6.45, 7) is 8.75. The van der Waals surface area contributed by atoms with Gasteiger partial charge in [-0.15, -0.1) is 0 Å². The Morgan fingerprint density at radius 2 is 2.19 bits per heavy atom. The second-order valence-electron chi connectivity index (χ2n) is 6.70. The average Bonchev–Trinajstić information content (AvgIpc) is 2.84.